The second-order valence-corrected chi connectivity index (χ2v) is 4.22. The van der Waals surface area contributed by atoms with Crippen LogP contribution in [0.2, 0.25) is 5.02 Å². The summed E-state index contributed by atoms with van der Waals surface area (Å²) < 4.78 is 5.38. The molecule has 1 aromatic carbocycles. The van der Waals surface area contributed by atoms with Gasteiger partial charge in [0.05, 0.1) is 7.11 Å². The molecule has 0 saturated carbocycles. The molecule has 0 aliphatic rings. The summed E-state index contributed by atoms with van der Waals surface area (Å²) in [5, 5.41) is 4.22. The molecule has 16 heavy (non-hydrogen) atoms. The lowest BCUT2D eigenvalue weighted by Crippen LogP contribution is -2.21. The number of ether oxygens (including phenoxy) is 1. The van der Waals surface area contributed by atoms with Crippen molar-refractivity contribution in [3.63, 3.8) is 0 Å². The van der Waals surface area contributed by atoms with E-state index in [4.69, 9.17) is 16.3 Å². The first-order valence-corrected chi connectivity index (χ1v) is 6.17. The molecule has 0 bridgehead atoms. The third-order valence-corrected chi connectivity index (χ3v) is 2.83. The Balaban J connectivity index is 3.00. The van der Waals surface area contributed by atoms with Gasteiger partial charge in [-0.1, -0.05) is 31.9 Å². The lowest BCUT2D eigenvalue weighted by Gasteiger charge is -2.20. The number of methoxy groups -OCH3 is 1. The summed E-state index contributed by atoms with van der Waals surface area (Å²) in [4.78, 5) is 0. The molecule has 1 unspecified atom stereocenters. The number of rotatable bonds is 6. The maximum atomic E-state index is 6.03. The Kier molecular flexibility index (Phi) is 5.64. The smallest absolute Gasteiger partial charge is 0.123 e. The van der Waals surface area contributed by atoms with Crippen LogP contribution in [0.3, 0.4) is 0 Å². The van der Waals surface area contributed by atoms with Gasteiger partial charge in [-0.25, -0.2) is 0 Å². The normalized spacial score (nSPS) is 12.5. The van der Waals surface area contributed by atoms with E-state index in [1.165, 1.54) is 0 Å². The van der Waals surface area contributed by atoms with Crippen molar-refractivity contribution in [2.45, 2.75) is 32.7 Å². The second kappa shape index (κ2) is 6.77. The first kappa shape index (κ1) is 13.3. The summed E-state index contributed by atoms with van der Waals surface area (Å²) in [6.07, 6.45) is 2.22. The molecular formula is C13H20ClNO. The first-order valence-electron chi connectivity index (χ1n) is 5.79. The zero-order chi connectivity index (χ0) is 12.0. The van der Waals surface area contributed by atoms with Crippen molar-refractivity contribution in [3.8, 4) is 5.75 Å². The van der Waals surface area contributed by atoms with Crippen LogP contribution in [0.15, 0.2) is 18.2 Å². The fraction of sp³-hybridized carbons (Fsp3) is 0.538. The van der Waals surface area contributed by atoms with Crippen molar-refractivity contribution in [1.29, 1.82) is 0 Å². The van der Waals surface area contributed by atoms with Gasteiger partial charge in [0.1, 0.15) is 5.75 Å². The van der Waals surface area contributed by atoms with Gasteiger partial charge in [0, 0.05) is 16.6 Å². The van der Waals surface area contributed by atoms with Gasteiger partial charge in [0.15, 0.2) is 0 Å². The van der Waals surface area contributed by atoms with Crippen LogP contribution >= 0.6 is 11.6 Å². The lowest BCUT2D eigenvalue weighted by atomic mass is 10.0. The van der Waals surface area contributed by atoms with Gasteiger partial charge in [-0.2, -0.15) is 0 Å². The topological polar surface area (TPSA) is 21.3 Å². The molecule has 1 N–H and O–H groups in total. The second-order valence-electron chi connectivity index (χ2n) is 3.79. The van der Waals surface area contributed by atoms with Crippen molar-refractivity contribution >= 4 is 11.6 Å². The van der Waals surface area contributed by atoms with Gasteiger partial charge in [-0.3, -0.25) is 0 Å². The van der Waals surface area contributed by atoms with E-state index >= 15 is 0 Å². The van der Waals surface area contributed by atoms with Crippen molar-refractivity contribution in [1.82, 2.24) is 5.32 Å². The average Bonchev–Trinajstić information content (AvgIpc) is 2.29. The van der Waals surface area contributed by atoms with Crippen LogP contribution in [-0.2, 0) is 0 Å². The number of hydrogen-bond donors (Lipinski definition) is 1. The standard InChI is InChI=1S/C13H20ClNO/c1-4-6-12(15-5-2)11-9-10(14)7-8-13(11)16-3/h7-9,12,15H,4-6H2,1-3H3. The molecule has 0 heterocycles. The van der Waals surface area contributed by atoms with E-state index < -0.39 is 0 Å². The zero-order valence-electron chi connectivity index (χ0n) is 10.2. The minimum absolute atomic E-state index is 0.323. The molecule has 0 fully saturated rings. The third kappa shape index (κ3) is 3.39. The maximum Gasteiger partial charge on any atom is 0.123 e. The van der Waals surface area contributed by atoms with Gasteiger partial charge in [-0.05, 0) is 31.2 Å². The summed E-state index contributed by atoms with van der Waals surface area (Å²) in [7, 11) is 1.70. The predicted molar refractivity (Wildman–Crippen MR) is 69.3 cm³/mol. The molecule has 0 amide bonds. The lowest BCUT2D eigenvalue weighted by molar-refractivity contribution is 0.395. The van der Waals surface area contributed by atoms with Gasteiger partial charge in [0.25, 0.3) is 0 Å². The number of benzene rings is 1. The quantitative estimate of drug-likeness (QED) is 0.818. The molecule has 1 aromatic rings. The Labute approximate surface area is 103 Å². The molecule has 2 nitrogen and oxygen atoms in total. The van der Waals surface area contributed by atoms with E-state index in [9.17, 15) is 0 Å². The monoisotopic (exact) mass is 241 g/mol. The van der Waals surface area contributed by atoms with Crippen LogP contribution in [0.4, 0.5) is 0 Å². The van der Waals surface area contributed by atoms with Gasteiger partial charge < -0.3 is 10.1 Å². The van der Waals surface area contributed by atoms with Crippen LogP contribution in [0.1, 0.15) is 38.3 Å². The van der Waals surface area contributed by atoms with E-state index in [0.29, 0.717) is 6.04 Å². The summed E-state index contributed by atoms with van der Waals surface area (Å²) in [5.41, 5.74) is 1.15. The molecule has 0 aliphatic heterocycles. The molecule has 0 saturated heterocycles. The van der Waals surface area contributed by atoms with Crippen LogP contribution in [-0.4, -0.2) is 13.7 Å². The molecule has 0 spiro atoms. The third-order valence-electron chi connectivity index (χ3n) is 2.60. The van der Waals surface area contributed by atoms with Crippen LogP contribution in [0, 0.1) is 0 Å². The van der Waals surface area contributed by atoms with E-state index in [-0.39, 0.29) is 0 Å². The highest BCUT2D eigenvalue weighted by Crippen LogP contribution is 2.30. The molecule has 1 rings (SSSR count). The highest BCUT2D eigenvalue weighted by atomic mass is 35.5. The minimum atomic E-state index is 0.323. The van der Waals surface area contributed by atoms with E-state index in [1.807, 2.05) is 18.2 Å². The van der Waals surface area contributed by atoms with Crippen LogP contribution in [0.25, 0.3) is 0 Å². The Bertz CT molecular complexity index is 322. The van der Waals surface area contributed by atoms with E-state index in [0.717, 1.165) is 35.7 Å². The van der Waals surface area contributed by atoms with Crippen LogP contribution < -0.4 is 10.1 Å². The molecule has 0 radical (unpaired) electrons. The zero-order valence-corrected chi connectivity index (χ0v) is 11.0. The van der Waals surface area contributed by atoms with Gasteiger partial charge >= 0.3 is 0 Å². The summed E-state index contributed by atoms with van der Waals surface area (Å²) in [6.45, 7) is 5.24. The fourth-order valence-electron chi connectivity index (χ4n) is 1.88. The fourth-order valence-corrected chi connectivity index (χ4v) is 2.06. The van der Waals surface area contributed by atoms with E-state index in [1.54, 1.807) is 7.11 Å². The Morgan fingerprint density at radius 2 is 2.12 bits per heavy atom. The summed E-state index contributed by atoms with van der Waals surface area (Å²) in [5.74, 6) is 0.906. The molecule has 1 atom stereocenters. The first-order chi connectivity index (χ1) is 7.72. The molecule has 0 aliphatic carbocycles. The Morgan fingerprint density at radius 3 is 2.69 bits per heavy atom. The SMILES string of the molecule is CCCC(NCC)c1cc(Cl)ccc1OC. The van der Waals surface area contributed by atoms with Crippen molar-refractivity contribution in [2.24, 2.45) is 0 Å². The van der Waals surface area contributed by atoms with Crippen molar-refractivity contribution in [3.05, 3.63) is 28.8 Å². The van der Waals surface area contributed by atoms with Gasteiger partial charge in [0.2, 0.25) is 0 Å². The molecular weight excluding hydrogens is 222 g/mol. The van der Waals surface area contributed by atoms with Crippen LogP contribution in [0.5, 0.6) is 5.75 Å². The molecule has 90 valence electrons. The predicted octanol–water partition coefficient (Wildman–Crippen LogP) is 3.80. The van der Waals surface area contributed by atoms with E-state index in [2.05, 4.69) is 19.2 Å². The number of halogens is 1. The summed E-state index contributed by atoms with van der Waals surface area (Å²) >= 11 is 6.03. The number of nitrogens with one attached hydrogen (secondary N) is 1. The van der Waals surface area contributed by atoms with Gasteiger partial charge in [-0.15, -0.1) is 0 Å². The summed E-state index contributed by atoms with van der Waals surface area (Å²) in [6, 6.07) is 6.10. The molecule has 0 aromatic heterocycles. The highest BCUT2D eigenvalue weighted by molar-refractivity contribution is 6.30. The van der Waals surface area contributed by atoms with Crippen molar-refractivity contribution < 1.29 is 4.74 Å². The minimum Gasteiger partial charge on any atom is -0.496 e. The van der Waals surface area contributed by atoms with Crippen molar-refractivity contribution in [2.75, 3.05) is 13.7 Å². The molecule has 3 heteroatoms. The largest absolute Gasteiger partial charge is 0.496 e. The maximum absolute atomic E-state index is 6.03. The number of hydrogen-bond acceptors (Lipinski definition) is 2. The Morgan fingerprint density at radius 1 is 1.38 bits per heavy atom. The highest BCUT2D eigenvalue weighted by Gasteiger charge is 2.14. The average molecular weight is 242 g/mol. The Hall–Kier alpha value is -0.730.